The number of nitrogens with one attached hydrogen (secondary N) is 2. The molecule has 0 atom stereocenters. The van der Waals surface area contributed by atoms with Crippen LogP contribution in [0, 0.1) is 20.8 Å². The van der Waals surface area contributed by atoms with Crippen LogP contribution in [0.15, 0.2) is 62.9 Å². The second-order valence-electron chi connectivity index (χ2n) is 7.72. The number of hydrogen-bond acceptors (Lipinski definition) is 6. The zero-order valence-electron chi connectivity index (χ0n) is 18.5. The Morgan fingerprint density at radius 2 is 1.67 bits per heavy atom. The molecular formula is C23H22N4O5S. The van der Waals surface area contributed by atoms with Gasteiger partial charge in [-0.15, -0.1) is 0 Å². The van der Waals surface area contributed by atoms with Gasteiger partial charge in [-0.05, 0) is 56.2 Å². The summed E-state index contributed by atoms with van der Waals surface area (Å²) in [5.41, 5.74) is 2.29. The molecule has 4 rings (SSSR count). The minimum atomic E-state index is -3.82. The van der Waals surface area contributed by atoms with Crippen molar-refractivity contribution >= 4 is 38.4 Å². The van der Waals surface area contributed by atoms with Gasteiger partial charge < -0.3 is 14.3 Å². The van der Waals surface area contributed by atoms with E-state index < -0.39 is 21.5 Å². The van der Waals surface area contributed by atoms with Crippen LogP contribution in [0.3, 0.4) is 0 Å². The lowest BCUT2D eigenvalue weighted by Crippen LogP contribution is -2.20. The first-order valence-electron chi connectivity index (χ1n) is 10.0. The lowest BCUT2D eigenvalue weighted by Gasteiger charge is -2.13. The van der Waals surface area contributed by atoms with Crippen LogP contribution in [0.2, 0.25) is 0 Å². The average molecular weight is 467 g/mol. The molecule has 10 heteroatoms. The van der Waals surface area contributed by atoms with E-state index in [4.69, 9.17) is 4.42 Å². The van der Waals surface area contributed by atoms with Crippen LogP contribution in [0.1, 0.15) is 27.2 Å². The highest BCUT2D eigenvalue weighted by Crippen LogP contribution is 2.25. The highest BCUT2D eigenvalue weighted by Gasteiger charge is 2.23. The zero-order valence-corrected chi connectivity index (χ0v) is 19.3. The highest BCUT2D eigenvalue weighted by atomic mass is 32.2. The van der Waals surface area contributed by atoms with Crippen LogP contribution in [0.25, 0.3) is 11.1 Å². The summed E-state index contributed by atoms with van der Waals surface area (Å²) in [6, 6.07) is 11.3. The molecule has 2 aromatic heterocycles. The molecule has 0 aliphatic heterocycles. The van der Waals surface area contributed by atoms with Crippen molar-refractivity contribution in [1.82, 2.24) is 9.55 Å². The molecule has 0 aliphatic rings. The van der Waals surface area contributed by atoms with E-state index in [-0.39, 0.29) is 27.3 Å². The van der Waals surface area contributed by atoms with Crippen LogP contribution in [0.5, 0.6) is 0 Å². The minimum absolute atomic E-state index is 0.0474. The Balaban J connectivity index is 1.59. The van der Waals surface area contributed by atoms with Gasteiger partial charge in [0.05, 0.1) is 16.1 Å². The SMILES string of the molecule is Cc1cccc(C)c1NS(=O)(=O)c1ccc(NC(=O)c2c(C)oc3ncn(C)c(=O)c23)cc1. The normalized spacial score (nSPS) is 11.5. The van der Waals surface area contributed by atoms with Gasteiger partial charge in [-0.1, -0.05) is 18.2 Å². The number of aromatic nitrogens is 2. The summed E-state index contributed by atoms with van der Waals surface area (Å²) in [7, 11) is -2.29. The molecule has 0 radical (unpaired) electrons. The van der Waals surface area contributed by atoms with Gasteiger partial charge in [-0.25, -0.2) is 13.4 Å². The van der Waals surface area contributed by atoms with Gasteiger partial charge in [0.2, 0.25) is 5.71 Å². The zero-order chi connectivity index (χ0) is 23.9. The second kappa shape index (κ2) is 8.21. The number of rotatable bonds is 5. The van der Waals surface area contributed by atoms with Gasteiger partial charge in [-0.2, -0.15) is 0 Å². The van der Waals surface area contributed by atoms with E-state index in [9.17, 15) is 18.0 Å². The maximum absolute atomic E-state index is 12.9. The van der Waals surface area contributed by atoms with E-state index in [2.05, 4.69) is 15.0 Å². The fraction of sp³-hybridized carbons (Fsp3) is 0.174. The molecule has 170 valence electrons. The Kier molecular flexibility index (Phi) is 5.54. The van der Waals surface area contributed by atoms with Gasteiger partial charge in [0.15, 0.2) is 0 Å². The molecule has 2 aromatic carbocycles. The molecular weight excluding hydrogens is 444 g/mol. The predicted molar refractivity (Wildman–Crippen MR) is 125 cm³/mol. The Bertz CT molecular complexity index is 1530. The van der Waals surface area contributed by atoms with Gasteiger partial charge in [0.25, 0.3) is 21.5 Å². The Hall–Kier alpha value is -3.92. The third kappa shape index (κ3) is 4.12. The molecule has 4 aromatic rings. The van der Waals surface area contributed by atoms with E-state index in [1.165, 1.54) is 42.2 Å². The van der Waals surface area contributed by atoms with E-state index >= 15 is 0 Å². The van der Waals surface area contributed by atoms with E-state index in [1.807, 2.05) is 32.0 Å². The fourth-order valence-corrected chi connectivity index (χ4v) is 4.74. The fourth-order valence-electron chi connectivity index (χ4n) is 3.54. The maximum atomic E-state index is 12.9. The monoisotopic (exact) mass is 466 g/mol. The van der Waals surface area contributed by atoms with Crippen LogP contribution in [0.4, 0.5) is 11.4 Å². The summed E-state index contributed by atoms with van der Waals surface area (Å²) in [5.74, 6) is -0.295. The molecule has 0 bridgehead atoms. The molecule has 1 amide bonds. The summed E-state index contributed by atoms with van der Waals surface area (Å²) >= 11 is 0. The number of furan rings is 1. The van der Waals surface area contributed by atoms with Crippen molar-refractivity contribution in [1.29, 1.82) is 0 Å². The van der Waals surface area contributed by atoms with Crippen molar-refractivity contribution in [3.8, 4) is 0 Å². The van der Waals surface area contributed by atoms with Crippen LogP contribution in [-0.2, 0) is 17.1 Å². The first kappa shape index (κ1) is 22.3. The summed E-state index contributed by atoms with van der Waals surface area (Å²) in [5, 5.41) is 2.77. The Morgan fingerprint density at radius 1 is 1.03 bits per heavy atom. The third-order valence-electron chi connectivity index (χ3n) is 5.32. The Morgan fingerprint density at radius 3 is 2.30 bits per heavy atom. The number of carbonyl (C=O) groups is 1. The van der Waals surface area contributed by atoms with Gasteiger partial charge in [0, 0.05) is 12.7 Å². The largest absolute Gasteiger partial charge is 0.442 e. The van der Waals surface area contributed by atoms with Gasteiger partial charge >= 0.3 is 0 Å². The topological polar surface area (TPSA) is 123 Å². The van der Waals surface area contributed by atoms with Crippen molar-refractivity contribution in [2.24, 2.45) is 7.05 Å². The molecule has 0 saturated heterocycles. The molecule has 0 saturated carbocycles. The van der Waals surface area contributed by atoms with Gasteiger partial charge in [0.1, 0.15) is 17.5 Å². The average Bonchev–Trinajstić information content (AvgIpc) is 3.11. The number of amides is 1. The lowest BCUT2D eigenvalue weighted by molar-refractivity contribution is 0.102. The van der Waals surface area contributed by atoms with Crippen molar-refractivity contribution in [2.75, 3.05) is 10.0 Å². The Labute approximate surface area is 190 Å². The molecule has 33 heavy (non-hydrogen) atoms. The maximum Gasteiger partial charge on any atom is 0.265 e. The number of nitrogens with zero attached hydrogens (tertiary/aromatic N) is 2. The standard InChI is InChI=1S/C23H22N4O5S/c1-13-6-5-7-14(2)20(13)26-33(30,31)17-10-8-16(9-11-17)25-21(28)18-15(3)32-22-19(18)23(29)27(4)12-24-22/h5-12,26H,1-4H3,(H,25,28). The van der Waals surface area contributed by atoms with Crippen LogP contribution in [-0.4, -0.2) is 23.9 Å². The first-order valence-corrected chi connectivity index (χ1v) is 11.5. The number of aryl methyl sites for hydroxylation is 4. The van der Waals surface area contributed by atoms with Crippen molar-refractivity contribution in [3.63, 3.8) is 0 Å². The number of carbonyl (C=O) groups excluding carboxylic acids is 1. The quantitative estimate of drug-likeness (QED) is 0.464. The molecule has 2 heterocycles. The first-order chi connectivity index (χ1) is 15.6. The van der Waals surface area contributed by atoms with Crippen molar-refractivity contribution in [2.45, 2.75) is 25.7 Å². The second-order valence-corrected chi connectivity index (χ2v) is 9.41. The van der Waals surface area contributed by atoms with E-state index in [0.717, 1.165) is 11.1 Å². The minimum Gasteiger partial charge on any atom is -0.442 e. The number of sulfonamides is 1. The molecule has 2 N–H and O–H groups in total. The number of benzene rings is 2. The summed E-state index contributed by atoms with van der Waals surface area (Å²) in [4.78, 5) is 29.5. The summed E-state index contributed by atoms with van der Waals surface area (Å²) in [6.07, 6.45) is 1.32. The summed E-state index contributed by atoms with van der Waals surface area (Å²) in [6.45, 7) is 5.23. The molecule has 0 spiro atoms. The van der Waals surface area contributed by atoms with Crippen molar-refractivity contribution < 1.29 is 17.6 Å². The molecule has 0 unspecified atom stereocenters. The molecule has 0 aliphatic carbocycles. The smallest absolute Gasteiger partial charge is 0.265 e. The number of hydrogen-bond donors (Lipinski definition) is 2. The highest BCUT2D eigenvalue weighted by molar-refractivity contribution is 7.92. The van der Waals surface area contributed by atoms with Crippen molar-refractivity contribution in [3.05, 3.63) is 81.6 Å². The van der Waals surface area contributed by atoms with Crippen LogP contribution < -0.4 is 15.6 Å². The summed E-state index contributed by atoms with van der Waals surface area (Å²) < 4.78 is 35.0. The predicted octanol–water partition coefficient (Wildman–Crippen LogP) is 3.50. The van der Waals surface area contributed by atoms with E-state index in [1.54, 1.807) is 6.92 Å². The van der Waals surface area contributed by atoms with Gasteiger partial charge in [-0.3, -0.25) is 14.3 Å². The lowest BCUT2D eigenvalue weighted by atomic mass is 10.1. The number of para-hydroxylation sites is 1. The molecule has 0 fully saturated rings. The van der Waals surface area contributed by atoms with E-state index in [0.29, 0.717) is 11.4 Å². The third-order valence-corrected chi connectivity index (χ3v) is 6.68. The van der Waals surface area contributed by atoms with Crippen LogP contribution >= 0.6 is 0 Å². The number of anilines is 2. The molecule has 9 nitrogen and oxygen atoms in total. The number of fused-ring (bicyclic) bond motifs is 1.